The van der Waals surface area contributed by atoms with Gasteiger partial charge in [-0.2, -0.15) is 0 Å². The van der Waals surface area contributed by atoms with Crippen molar-refractivity contribution < 1.29 is 62.1 Å². The number of rotatable bonds is 36. The maximum Gasteiger partial charge on any atom is 0.305 e. The number of ether oxygens (including phenoxy) is 10. The molecule has 0 bridgehead atoms. The second-order valence-corrected chi connectivity index (χ2v) is 9.04. The second-order valence-electron chi connectivity index (χ2n) is 9.04. The molecule has 0 aliphatic rings. The lowest BCUT2D eigenvalue weighted by atomic mass is 10.1. The maximum absolute atomic E-state index is 11.6. The van der Waals surface area contributed by atoms with Gasteiger partial charge in [-0.15, -0.1) is 0 Å². The van der Waals surface area contributed by atoms with Gasteiger partial charge in [0.25, 0.3) is 0 Å². The van der Waals surface area contributed by atoms with Crippen LogP contribution >= 0.6 is 0 Å². The lowest BCUT2D eigenvalue weighted by Crippen LogP contribution is -2.15. The predicted molar refractivity (Wildman–Crippen MR) is 154 cm³/mol. The van der Waals surface area contributed by atoms with Crippen LogP contribution in [0.5, 0.6) is 0 Å². The molecule has 0 atom stereocenters. The van der Waals surface area contributed by atoms with Crippen molar-refractivity contribution in [3.8, 4) is 0 Å². The van der Waals surface area contributed by atoms with E-state index in [0.717, 1.165) is 12.8 Å². The Morgan fingerprint density at radius 2 is 0.714 bits per heavy atom. The number of carbonyl (C=O) groups excluding carboxylic acids is 1. The average Bonchev–Trinajstić information content (AvgIpc) is 2.98. The number of hydrogen-bond acceptors (Lipinski definition) is 12. The van der Waals surface area contributed by atoms with Gasteiger partial charge < -0.3 is 52.5 Å². The Hall–Kier alpha value is -1.42. The number of hydrogen-bond donors (Lipinski definition) is 1. The molecule has 0 radical (unpaired) electrons. The van der Waals surface area contributed by atoms with E-state index in [4.69, 9.17) is 52.5 Å². The third-order valence-corrected chi connectivity index (χ3v) is 5.41. The van der Waals surface area contributed by atoms with Gasteiger partial charge in [-0.1, -0.05) is 32.6 Å². The summed E-state index contributed by atoms with van der Waals surface area (Å²) in [5.74, 6) is -1.03. The average molecular weight is 613 g/mol. The van der Waals surface area contributed by atoms with E-state index in [1.807, 2.05) is 0 Å². The standard InChI is InChI=1S/C29H56O13/c1-2-3-4-5-6-7-29(32)42-27-26-41-25-24-40-23-22-39-21-20-38-19-18-37-17-16-36-15-14-35-13-12-34-11-10-33-9-8-28(30)31/h2-27H2,1H3,(H,30,31). The van der Waals surface area contributed by atoms with Crippen LogP contribution in [0.25, 0.3) is 0 Å². The summed E-state index contributed by atoms with van der Waals surface area (Å²) >= 11 is 0. The van der Waals surface area contributed by atoms with Gasteiger partial charge in [0.1, 0.15) is 6.61 Å². The van der Waals surface area contributed by atoms with Crippen LogP contribution < -0.4 is 0 Å². The highest BCUT2D eigenvalue weighted by Gasteiger charge is 2.02. The van der Waals surface area contributed by atoms with E-state index in [0.29, 0.717) is 119 Å². The summed E-state index contributed by atoms with van der Waals surface area (Å²) in [6.45, 7) is 10.4. The fraction of sp³-hybridized carbons (Fsp3) is 0.931. The van der Waals surface area contributed by atoms with E-state index in [1.165, 1.54) is 19.3 Å². The number of carboxylic acids is 1. The van der Waals surface area contributed by atoms with Crippen molar-refractivity contribution in [3.05, 3.63) is 0 Å². The van der Waals surface area contributed by atoms with Gasteiger partial charge in [0.2, 0.25) is 0 Å². The minimum Gasteiger partial charge on any atom is -0.481 e. The van der Waals surface area contributed by atoms with Crippen molar-refractivity contribution in [1.29, 1.82) is 0 Å². The summed E-state index contributed by atoms with van der Waals surface area (Å²) in [5.41, 5.74) is 0. The Balaban J connectivity index is 3.09. The summed E-state index contributed by atoms with van der Waals surface area (Å²) in [6.07, 6.45) is 6.05. The first-order chi connectivity index (χ1) is 20.7. The lowest BCUT2D eigenvalue weighted by molar-refractivity contribution is -0.145. The number of unbranched alkanes of at least 4 members (excludes halogenated alkanes) is 4. The van der Waals surface area contributed by atoms with E-state index in [9.17, 15) is 9.59 Å². The number of esters is 1. The van der Waals surface area contributed by atoms with Crippen LogP contribution in [0.15, 0.2) is 0 Å². The third kappa shape index (κ3) is 36.6. The second kappa shape index (κ2) is 35.8. The van der Waals surface area contributed by atoms with Crippen LogP contribution in [-0.4, -0.2) is 143 Å². The Kier molecular flexibility index (Phi) is 34.6. The molecule has 0 fully saturated rings. The van der Waals surface area contributed by atoms with Crippen LogP contribution in [0.2, 0.25) is 0 Å². The molecule has 13 heteroatoms. The molecule has 0 rings (SSSR count). The van der Waals surface area contributed by atoms with Crippen LogP contribution in [0.1, 0.15) is 51.9 Å². The maximum atomic E-state index is 11.6. The van der Waals surface area contributed by atoms with Crippen LogP contribution in [0.3, 0.4) is 0 Å². The lowest BCUT2D eigenvalue weighted by Gasteiger charge is -2.09. The summed E-state index contributed by atoms with van der Waals surface area (Å²) in [4.78, 5) is 21.9. The number of aliphatic carboxylic acids is 1. The fourth-order valence-corrected chi connectivity index (χ4v) is 3.18. The molecule has 0 spiro atoms. The highest BCUT2D eigenvalue weighted by molar-refractivity contribution is 5.69. The molecule has 0 saturated carbocycles. The highest BCUT2D eigenvalue weighted by Crippen LogP contribution is 2.05. The first kappa shape index (κ1) is 40.6. The van der Waals surface area contributed by atoms with Crippen LogP contribution in [0, 0.1) is 0 Å². The number of carbonyl (C=O) groups is 2. The van der Waals surface area contributed by atoms with Gasteiger partial charge in [-0.05, 0) is 6.42 Å². The topological polar surface area (TPSA) is 147 Å². The van der Waals surface area contributed by atoms with Gasteiger partial charge >= 0.3 is 11.9 Å². The first-order valence-electron chi connectivity index (χ1n) is 15.2. The molecule has 0 aromatic heterocycles. The number of carboxylic acid groups (broad SMARTS) is 1. The van der Waals surface area contributed by atoms with Gasteiger partial charge in [0.05, 0.1) is 125 Å². The van der Waals surface area contributed by atoms with Gasteiger partial charge in [-0.3, -0.25) is 9.59 Å². The molecule has 0 aromatic rings. The molecule has 1 N–H and O–H groups in total. The van der Waals surface area contributed by atoms with Crippen molar-refractivity contribution >= 4 is 11.9 Å². The van der Waals surface area contributed by atoms with Gasteiger partial charge in [0, 0.05) is 6.42 Å². The Bertz CT molecular complexity index is 566. The molecule has 0 aromatic carbocycles. The monoisotopic (exact) mass is 612 g/mol. The molecule has 0 aliphatic carbocycles. The molecule has 42 heavy (non-hydrogen) atoms. The van der Waals surface area contributed by atoms with Gasteiger partial charge in [-0.25, -0.2) is 0 Å². The molecular formula is C29H56O13. The SMILES string of the molecule is CCCCCCCC(=O)OCCOCCOCCOCCOCCOCCOCCOCCOCCOCCC(=O)O. The van der Waals surface area contributed by atoms with E-state index in [2.05, 4.69) is 6.92 Å². The minimum atomic E-state index is -0.875. The third-order valence-electron chi connectivity index (χ3n) is 5.41. The van der Waals surface area contributed by atoms with E-state index in [1.54, 1.807) is 0 Å². The van der Waals surface area contributed by atoms with Crippen molar-refractivity contribution in [1.82, 2.24) is 0 Å². The molecule has 250 valence electrons. The Labute approximate surface area is 251 Å². The summed E-state index contributed by atoms with van der Waals surface area (Å²) in [7, 11) is 0. The van der Waals surface area contributed by atoms with Crippen LogP contribution in [0.4, 0.5) is 0 Å². The van der Waals surface area contributed by atoms with Crippen LogP contribution in [-0.2, 0) is 57.0 Å². The first-order valence-corrected chi connectivity index (χ1v) is 15.2. The van der Waals surface area contributed by atoms with Gasteiger partial charge in [0.15, 0.2) is 0 Å². The van der Waals surface area contributed by atoms with E-state index < -0.39 is 5.97 Å². The Morgan fingerprint density at radius 3 is 1.05 bits per heavy atom. The molecule has 0 heterocycles. The molecule has 13 nitrogen and oxygen atoms in total. The zero-order valence-electron chi connectivity index (χ0n) is 25.7. The van der Waals surface area contributed by atoms with Crippen molar-refractivity contribution in [2.24, 2.45) is 0 Å². The molecule has 0 unspecified atom stereocenters. The Morgan fingerprint density at radius 1 is 0.405 bits per heavy atom. The normalized spacial score (nSPS) is 11.3. The summed E-state index contributed by atoms with van der Waals surface area (Å²) in [5, 5.41) is 8.48. The zero-order chi connectivity index (χ0) is 30.6. The summed E-state index contributed by atoms with van der Waals surface area (Å²) < 4.78 is 53.5. The molecular weight excluding hydrogens is 556 g/mol. The van der Waals surface area contributed by atoms with Crippen molar-refractivity contribution in [2.75, 3.05) is 126 Å². The summed E-state index contributed by atoms with van der Waals surface area (Å²) in [6, 6.07) is 0. The van der Waals surface area contributed by atoms with E-state index in [-0.39, 0.29) is 25.6 Å². The largest absolute Gasteiger partial charge is 0.481 e. The molecule has 0 amide bonds. The zero-order valence-corrected chi connectivity index (χ0v) is 25.7. The minimum absolute atomic E-state index is 0.00306. The van der Waals surface area contributed by atoms with Crippen molar-refractivity contribution in [3.63, 3.8) is 0 Å². The van der Waals surface area contributed by atoms with E-state index >= 15 is 0 Å². The molecule has 0 aliphatic heterocycles. The smallest absolute Gasteiger partial charge is 0.305 e. The fourth-order valence-electron chi connectivity index (χ4n) is 3.18. The quantitative estimate of drug-likeness (QED) is 0.0817. The van der Waals surface area contributed by atoms with Crippen molar-refractivity contribution in [2.45, 2.75) is 51.9 Å². The highest BCUT2D eigenvalue weighted by atomic mass is 16.6. The molecule has 0 saturated heterocycles. The predicted octanol–water partition coefficient (Wildman–Crippen LogP) is 2.51.